The lowest BCUT2D eigenvalue weighted by Crippen LogP contribution is -2.09. The van der Waals surface area contributed by atoms with E-state index in [-0.39, 0.29) is 0 Å². The fourth-order valence-electron chi connectivity index (χ4n) is 1.93. The van der Waals surface area contributed by atoms with Gasteiger partial charge in [0.1, 0.15) is 18.7 Å². The number of nitrogens with zero attached hydrogens (tertiary/aromatic N) is 3. The van der Waals surface area contributed by atoms with Gasteiger partial charge < -0.3 is 10.5 Å². The number of aryl methyl sites for hydroxylation is 1. The van der Waals surface area contributed by atoms with Crippen molar-refractivity contribution >= 4 is 15.9 Å². The van der Waals surface area contributed by atoms with Gasteiger partial charge in [0.05, 0.1) is 0 Å². The van der Waals surface area contributed by atoms with Gasteiger partial charge in [0.25, 0.3) is 0 Å². The summed E-state index contributed by atoms with van der Waals surface area (Å²) in [6, 6.07) is 5.93. The summed E-state index contributed by atoms with van der Waals surface area (Å²) in [7, 11) is 0. The summed E-state index contributed by atoms with van der Waals surface area (Å²) < 4.78 is 8.73. The zero-order valence-corrected chi connectivity index (χ0v) is 13.1. The van der Waals surface area contributed by atoms with E-state index >= 15 is 0 Å². The van der Waals surface area contributed by atoms with Gasteiger partial charge in [0.2, 0.25) is 0 Å². The van der Waals surface area contributed by atoms with Crippen LogP contribution in [0, 0.1) is 0 Å². The number of halogens is 1. The standard InChI is InChI=1S/C14H19BrN4O/c1-2-7-19-14(17-10-18-19)9-20-12-3-4-13(15)11(8-12)5-6-16/h3-4,8,10H,2,5-7,9,16H2,1H3. The molecule has 5 nitrogen and oxygen atoms in total. The molecular formula is C14H19BrN4O. The van der Waals surface area contributed by atoms with E-state index in [1.807, 2.05) is 22.9 Å². The first-order valence-corrected chi connectivity index (χ1v) is 7.52. The topological polar surface area (TPSA) is 66.0 Å². The lowest BCUT2D eigenvalue weighted by Gasteiger charge is -2.10. The molecule has 0 saturated heterocycles. The van der Waals surface area contributed by atoms with Gasteiger partial charge >= 0.3 is 0 Å². The Morgan fingerprint density at radius 2 is 2.25 bits per heavy atom. The molecule has 0 aliphatic rings. The maximum absolute atomic E-state index is 5.79. The number of benzene rings is 1. The summed E-state index contributed by atoms with van der Waals surface area (Å²) in [5, 5.41) is 4.18. The fraction of sp³-hybridized carbons (Fsp3) is 0.429. The number of ether oxygens (including phenoxy) is 1. The lowest BCUT2D eigenvalue weighted by atomic mass is 10.1. The molecule has 0 atom stereocenters. The van der Waals surface area contributed by atoms with E-state index in [4.69, 9.17) is 10.5 Å². The molecule has 108 valence electrons. The Kier molecular flexibility index (Phi) is 5.55. The molecule has 0 spiro atoms. The predicted molar refractivity (Wildman–Crippen MR) is 81.5 cm³/mol. The number of aromatic nitrogens is 3. The third-order valence-electron chi connectivity index (χ3n) is 2.93. The van der Waals surface area contributed by atoms with Crippen LogP contribution in [0.5, 0.6) is 5.75 Å². The van der Waals surface area contributed by atoms with E-state index in [0.29, 0.717) is 13.2 Å². The molecule has 0 radical (unpaired) electrons. The summed E-state index contributed by atoms with van der Waals surface area (Å²) in [6.07, 6.45) is 3.41. The molecule has 2 aromatic rings. The van der Waals surface area contributed by atoms with E-state index < -0.39 is 0 Å². The van der Waals surface area contributed by atoms with Crippen molar-refractivity contribution in [1.82, 2.24) is 14.8 Å². The Morgan fingerprint density at radius 1 is 1.40 bits per heavy atom. The Balaban J connectivity index is 2.03. The van der Waals surface area contributed by atoms with Crippen LogP contribution in [0.15, 0.2) is 29.0 Å². The van der Waals surface area contributed by atoms with Gasteiger partial charge in [-0.3, -0.25) is 0 Å². The van der Waals surface area contributed by atoms with Gasteiger partial charge in [-0.05, 0) is 43.1 Å². The second-order valence-corrected chi connectivity index (χ2v) is 5.33. The minimum atomic E-state index is 0.420. The van der Waals surface area contributed by atoms with E-state index in [9.17, 15) is 0 Å². The highest BCUT2D eigenvalue weighted by Crippen LogP contribution is 2.23. The molecule has 0 fully saturated rings. The number of hydrogen-bond acceptors (Lipinski definition) is 4. The van der Waals surface area contributed by atoms with Crippen LogP contribution in [0.25, 0.3) is 0 Å². The minimum Gasteiger partial charge on any atom is -0.486 e. The van der Waals surface area contributed by atoms with E-state index in [1.165, 1.54) is 0 Å². The van der Waals surface area contributed by atoms with Crippen molar-refractivity contribution in [2.75, 3.05) is 6.54 Å². The first kappa shape index (κ1) is 15.0. The molecule has 6 heteroatoms. The van der Waals surface area contributed by atoms with Crippen molar-refractivity contribution < 1.29 is 4.74 Å². The normalized spacial score (nSPS) is 10.8. The highest BCUT2D eigenvalue weighted by Gasteiger charge is 2.06. The first-order valence-electron chi connectivity index (χ1n) is 6.72. The van der Waals surface area contributed by atoms with E-state index in [2.05, 4.69) is 32.9 Å². The molecule has 20 heavy (non-hydrogen) atoms. The van der Waals surface area contributed by atoms with Crippen LogP contribution in [0.1, 0.15) is 24.7 Å². The lowest BCUT2D eigenvalue weighted by molar-refractivity contribution is 0.286. The van der Waals surface area contributed by atoms with Crippen molar-refractivity contribution in [2.24, 2.45) is 5.73 Å². The minimum absolute atomic E-state index is 0.420. The van der Waals surface area contributed by atoms with Gasteiger partial charge in [-0.15, -0.1) is 0 Å². The first-order chi connectivity index (χ1) is 9.74. The maximum atomic E-state index is 5.79. The maximum Gasteiger partial charge on any atom is 0.164 e. The zero-order chi connectivity index (χ0) is 14.4. The third-order valence-corrected chi connectivity index (χ3v) is 3.70. The van der Waals surface area contributed by atoms with Crippen molar-refractivity contribution in [1.29, 1.82) is 0 Å². The molecule has 0 unspecified atom stereocenters. The summed E-state index contributed by atoms with van der Waals surface area (Å²) in [4.78, 5) is 4.22. The average Bonchev–Trinajstić information content (AvgIpc) is 2.88. The number of nitrogens with two attached hydrogens (primary N) is 1. The van der Waals surface area contributed by atoms with Crippen LogP contribution >= 0.6 is 15.9 Å². The Hall–Kier alpha value is -1.40. The Bertz CT molecular complexity index is 556. The van der Waals surface area contributed by atoms with Crippen molar-refractivity contribution in [3.63, 3.8) is 0 Å². The Morgan fingerprint density at radius 3 is 3.00 bits per heavy atom. The number of rotatable bonds is 7. The Labute approximate surface area is 127 Å². The highest BCUT2D eigenvalue weighted by atomic mass is 79.9. The second-order valence-electron chi connectivity index (χ2n) is 4.48. The average molecular weight is 339 g/mol. The monoisotopic (exact) mass is 338 g/mol. The quantitative estimate of drug-likeness (QED) is 0.842. The molecular weight excluding hydrogens is 320 g/mol. The predicted octanol–water partition coefficient (Wildman–Crippen LogP) is 2.53. The van der Waals surface area contributed by atoms with Crippen molar-refractivity contribution in [3.8, 4) is 5.75 Å². The van der Waals surface area contributed by atoms with E-state index in [1.54, 1.807) is 6.33 Å². The van der Waals surface area contributed by atoms with Gasteiger partial charge in [-0.2, -0.15) is 5.10 Å². The van der Waals surface area contributed by atoms with Crippen molar-refractivity contribution in [2.45, 2.75) is 32.9 Å². The molecule has 0 bridgehead atoms. The van der Waals surface area contributed by atoms with Gasteiger partial charge in [-0.1, -0.05) is 22.9 Å². The van der Waals surface area contributed by atoms with Crippen LogP contribution in [-0.4, -0.2) is 21.3 Å². The molecule has 2 N–H and O–H groups in total. The number of hydrogen-bond donors (Lipinski definition) is 1. The fourth-order valence-corrected chi connectivity index (χ4v) is 2.38. The van der Waals surface area contributed by atoms with Crippen LogP contribution < -0.4 is 10.5 Å². The van der Waals surface area contributed by atoms with Crippen LogP contribution in [0.3, 0.4) is 0 Å². The highest BCUT2D eigenvalue weighted by molar-refractivity contribution is 9.10. The molecule has 1 aromatic heterocycles. The van der Waals surface area contributed by atoms with E-state index in [0.717, 1.165) is 41.0 Å². The largest absolute Gasteiger partial charge is 0.486 e. The van der Waals surface area contributed by atoms with Crippen LogP contribution in [0.2, 0.25) is 0 Å². The zero-order valence-electron chi connectivity index (χ0n) is 11.6. The van der Waals surface area contributed by atoms with Gasteiger partial charge in [0.15, 0.2) is 5.82 Å². The molecule has 0 amide bonds. The van der Waals surface area contributed by atoms with Crippen LogP contribution in [-0.2, 0) is 19.6 Å². The smallest absolute Gasteiger partial charge is 0.164 e. The third kappa shape index (κ3) is 3.80. The summed E-state index contributed by atoms with van der Waals surface area (Å²) in [6.45, 7) is 4.01. The van der Waals surface area contributed by atoms with Crippen LogP contribution in [0.4, 0.5) is 0 Å². The molecule has 0 aliphatic carbocycles. The SMILES string of the molecule is CCCn1ncnc1COc1ccc(Br)c(CCN)c1. The summed E-state index contributed by atoms with van der Waals surface area (Å²) in [5.41, 5.74) is 6.75. The molecule has 0 saturated carbocycles. The van der Waals surface area contributed by atoms with Gasteiger partial charge in [0, 0.05) is 11.0 Å². The summed E-state index contributed by atoms with van der Waals surface area (Å²) in [5.74, 6) is 1.66. The summed E-state index contributed by atoms with van der Waals surface area (Å²) >= 11 is 3.52. The molecule has 1 aromatic carbocycles. The van der Waals surface area contributed by atoms with Crippen molar-refractivity contribution in [3.05, 3.63) is 40.4 Å². The van der Waals surface area contributed by atoms with Gasteiger partial charge in [-0.25, -0.2) is 9.67 Å². The molecule has 2 rings (SSSR count). The molecule has 0 aliphatic heterocycles. The second kappa shape index (κ2) is 7.40. The molecule has 1 heterocycles.